The normalized spacial score (nSPS) is 16.7. The lowest BCUT2D eigenvalue weighted by Gasteiger charge is -2.33. The molecule has 1 atom stereocenters. The number of benzene rings is 1. The van der Waals surface area contributed by atoms with Crippen LogP contribution in [0.25, 0.3) is 0 Å². The van der Waals surface area contributed by atoms with Crippen molar-refractivity contribution in [2.45, 2.75) is 25.7 Å². The van der Waals surface area contributed by atoms with Crippen molar-refractivity contribution in [3.8, 4) is 0 Å². The summed E-state index contributed by atoms with van der Waals surface area (Å²) in [5.41, 5.74) is 2.96. The molecule has 1 N–H and O–H groups in total. The maximum Gasteiger partial charge on any atom is 0.244 e. The van der Waals surface area contributed by atoms with E-state index in [1.54, 1.807) is 37.1 Å². The molecule has 0 spiro atoms. The Kier molecular flexibility index (Phi) is 4.93. The Bertz CT molecular complexity index is 910. The molecule has 0 radical (unpaired) electrons. The Balaban J connectivity index is 1.46. The molecule has 0 fully saturated rings. The van der Waals surface area contributed by atoms with Gasteiger partial charge in [0.05, 0.1) is 12.0 Å². The summed E-state index contributed by atoms with van der Waals surface area (Å²) in [6, 6.07) is 9.90. The third-order valence-corrected chi connectivity index (χ3v) is 4.71. The number of rotatable bonds is 5. The second-order valence-corrected chi connectivity index (χ2v) is 6.68. The van der Waals surface area contributed by atoms with Gasteiger partial charge in [0.15, 0.2) is 0 Å². The van der Waals surface area contributed by atoms with Gasteiger partial charge in [0, 0.05) is 44.8 Å². The van der Waals surface area contributed by atoms with Crippen LogP contribution in [-0.4, -0.2) is 31.9 Å². The summed E-state index contributed by atoms with van der Waals surface area (Å²) in [7, 11) is 0. The molecule has 1 aromatic carbocycles. The van der Waals surface area contributed by atoms with Crippen LogP contribution in [0.4, 0.5) is 4.39 Å². The van der Waals surface area contributed by atoms with Crippen LogP contribution in [0, 0.1) is 5.82 Å². The number of halogens is 1. The fraction of sp³-hybridized carbons (Fsp3) is 0.250. The van der Waals surface area contributed by atoms with E-state index in [0.29, 0.717) is 26.2 Å². The van der Waals surface area contributed by atoms with Crippen molar-refractivity contribution in [1.82, 2.24) is 24.8 Å². The molecule has 7 heteroatoms. The number of carbonyl (C=O) groups is 1. The van der Waals surface area contributed by atoms with Crippen LogP contribution in [-0.2, 0) is 24.4 Å². The number of carbonyl (C=O) groups excluding carboxylic acids is 1. The zero-order valence-electron chi connectivity index (χ0n) is 14.8. The minimum absolute atomic E-state index is 0.0538. The van der Waals surface area contributed by atoms with Crippen molar-refractivity contribution < 1.29 is 9.18 Å². The molecule has 2 aromatic heterocycles. The van der Waals surface area contributed by atoms with E-state index in [0.717, 1.165) is 16.8 Å². The predicted molar refractivity (Wildman–Crippen MR) is 97.9 cm³/mol. The molecule has 1 aliphatic rings. The van der Waals surface area contributed by atoms with E-state index in [4.69, 9.17) is 0 Å². The topological polar surface area (TPSA) is 63.1 Å². The van der Waals surface area contributed by atoms with E-state index < -0.39 is 0 Å². The Hall–Kier alpha value is -3.06. The summed E-state index contributed by atoms with van der Waals surface area (Å²) in [5.74, 6) is -0.301. The van der Waals surface area contributed by atoms with Gasteiger partial charge < -0.3 is 9.88 Å². The number of imidazole rings is 1. The van der Waals surface area contributed by atoms with Crippen molar-refractivity contribution >= 4 is 5.91 Å². The third-order valence-electron chi connectivity index (χ3n) is 4.71. The van der Waals surface area contributed by atoms with Gasteiger partial charge in [-0.2, -0.15) is 0 Å². The number of hydrogen-bond donors (Lipinski definition) is 1. The highest BCUT2D eigenvalue weighted by atomic mass is 19.1. The van der Waals surface area contributed by atoms with Gasteiger partial charge >= 0.3 is 0 Å². The second kappa shape index (κ2) is 7.67. The van der Waals surface area contributed by atoms with Gasteiger partial charge in [0.25, 0.3) is 0 Å². The highest BCUT2D eigenvalue weighted by Crippen LogP contribution is 2.23. The number of nitrogens with zero attached hydrogens (tertiary/aromatic N) is 4. The van der Waals surface area contributed by atoms with Gasteiger partial charge in [-0.05, 0) is 29.3 Å². The summed E-state index contributed by atoms with van der Waals surface area (Å²) < 4.78 is 15.1. The molecule has 1 amide bonds. The fourth-order valence-electron chi connectivity index (χ4n) is 3.35. The van der Waals surface area contributed by atoms with Crippen LogP contribution in [0.5, 0.6) is 0 Å². The smallest absolute Gasteiger partial charge is 0.244 e. The molecule has 0 aliphatic carbocycles. The number of hydrogen-bond acceptors (Lipinski definition) is 4. The Morgan fingerprint density at radius 3 is 2.78 bits per heavy atom. The molecule has 0 saturated carbocycles. The minimum atomic E-state index is -0.353. The number of amides is 1. The first kappa shape index (κ1) is 17.4. The van der Waals surface area contributed by atoms with Crippen LogP contribution < -0.4 is 5.32 Å². The van der Waals surface area contributed by atoms with Crippen molar-refractivity contribution in [3.05, 3.63) is 84.0 Å². The lowest BCUT2D eigenvalue weighted by Crippen LogP contribution is -2.44. The number of nitrogens with one attached hydrogen (secondary N) is 1. The molecule has 1 aliphatic heterocycles. The van der Waals surface area contributed by atoms with Gasteiger partial charge in [0.2, 0.25) is 5.91 Å². The third kappa shape index (κ3) is 4.03. The van der Waals surface area contributed by atoms with Gasteiger partial charge in [0.1, 0.15) is 11.9 Å². The summed E-state index contributed by atoms with van der Waals surface area (Å²) in [5, 5.41) is 2.99. The summed E-state index contributed by atoms with van der Waals surface area (Å²) >= 11 is 0. The molecule has 138 valence electrons. The van der Waals surface area contributed by atoms with Crippen molar-refractivity contribution in [1.29, 1.82) is 0 Å². The predicted octanol–water partition coefficient (Wildman–Crippen LogP) is 2.29. The number of pyridine rings is 1. The Labute approximate surface area is 156 Å². The first-order valence-electron chi connectivity index (χ1n) is 8.83. The average molecular weight is 365 g/mol. The van der Waals surface area contributed by atoms with Crippen LogP contribution in [0.15, 0.2) is 61.3 Å². The van der Waals surface area contributed by atoms with E-state index in [2.05, 4.69) is 20.2 Å². The highest BCUT2D eigenvalue weighted by molar-refractivity contribution is 5.80. The molecule has 4 rings (SSSR count). The molecule has 6 nitrogen and oxygen atoms in total. The van der Waals surface area contributed by atoms with E-state index in [1.165, 1.54) is 12.1 Å². The number of aromatic nitrogens is 3. The Morgan fingerprint density at radius 2 is 2.00 bits per heavy atom. The lowest BCUT2D eigenvalue weighted by molar-refractivity contribution is -0.125. The van der Waals surface area contributed by atoms with Crippen LogP contribution in [0.1, 0.15) is 22.9 Å². The summed E-state index contributed by atoms with van der Waals surface area (Å²) in [6.45, 7) is 2.35. The number of fused-ring (bicyclic) bond motifs is 1. The van der Waals surface area contributed by atoms with Crippen LogP contribution >= 0.6 is 0 Å². The van der Waals surface area contributed by atoms with Crippen LogP contribution in [0.2, 0.25) is 0 Å². The first-order chi connectivity index (χ1) is 13.2. The fourth-order valence-corrected chi connectivity index (χ4v) is 3.35. The largest absolute Gasteiger partial charge is 0.350 e. The maximum atomic E-state index is 13.1. The second-order valence-electron chi connectivity index (χ2n) is 6.68. The molecular formula is C20H20FN5O. The zero-order valence-corrected chi connectivity index (χ0v) is 14.8. The molecule has 0 bridgehead atoms. The van der Waals surface area contributed by atoms with Gasteiger partial charge in [-0.3, -0.25) is 14.7 Å². The van der Waals surface area contributed by atoms with E-state index >= 15 is 0 Å². The quantitative estimate of drug-likeness (QED) is 0.754. The molecule has 27 heavy (non-hydrogen) atoms. The average Bonchev–Trinajstić information content (AvgIpc) is 3.16. The van der Waals surface area contributed by atoms with Crippen molar-refractivity contribution in [2.24, 2.45) is 0 Å². The van der Waals surface area contributed by atoms with E-state index in [1.807, 2.05) is 16.7 Å². The lowest BCUT2D eigenvalue weighted by atomic mass is 10.1. The molecule has 0 unspecified atom stereocenters. The van der Waals surface area contributed by atoms with Gasteiger partial charge in [-0.25, -0.2) is 9.37 Å². The standard InChI is InChI=1S/C20H20FN5O/c21-17-5-3-15(4-6-17)11-25-12-18-10-23-14-26(18)19(13-25)20(27)24-9-16-2-1-7-22-8-16/h1-8,10,14,19H,9,11-13H2,(H,24,27)/t19-/m1/s1. The van der Waals surface area contributed by atoms with Crippen molar-refractivity contribution in [3.63, 3.8) is 0 Å². The summed E-state index contributed by atoms with van der Waals surface area (Å²) in [6.07, 6.45) is 6.94. The van der Waals surface area contributed by atoms with Crippen LogP contribution in [0.3, 0.4) is 0 Å². The Morgan fingerprint density at radius 1 is 1.15 bits per heavy atom. The monoisotopic (exact) mass is 365 g/mol. The molecule has 3 aromatic rings. The van der Waals surface area contributed by atoms with E-state index in [9.17, 15) is 9.18 Å². The zero-order chi connectivity index (χ0) is 18.6. The van der Waals surface area contributed by atoms with E-state index in [-0.39, 0.29) is 17.8 Å². The van der Waals surface area contributed by atoms with Gasteiger partial charge in [-0.15, -0.1) is 0 Å². The summed E-state index contributed by atoms with van der Waals surface area (Å²) in [4.78, 5) is 23.3. The van der Waals surface area contributed by atoms with Gasteiger partial charge in [-0.1, -0.05) is 18.2 Å². The highest BCUT2D eigenvalue weighted by Gasteiger charge is 2.30. The minimum Gasteiger partial charge on any atom is -0.350 e. The molecule has 0 saturated heterocycles. The SMILES string of the molecule is O=C(NCc1cccnc1)[C@H]1CN(Cc2ccc(F)cc2)Cc2cncn21. The molecule has 3 heterocycles. The molecular weight excluding hydrogens is 345 g/mol. The van der Waals surface area contributed by atoms with Crippen molar-refractivity contribution in [2.75, 3.05) is 6.54 Å². The first-order valence-corrected chi connectivity index (χ1v) is 8.83. The maximum absolute atomic E-state index is 13.1.